The molecule has 1 aromatic rings. The van der Waals surface area contributed by atoms with E-state index in [1.54, 1.807) is 18.2 Å². The molecule has 0 saturated carbocycles. The fourth-order valence-corrected chi connectivity index (χ4v) is 4.69. The molecule has 27 heavy (non-hydrogen) atoms. The molecule has 8 heteroatoms. The number of rotatable bonds is 6. The maximum absolute atomic E-state index is 12.7. The van der Waals surface area contributed by atoms with E-state index in [9.17, 15) is 13.2 Å². The van der Waals surface area contributed by atoms with Gasteiger partial charge in [0.25, 0.3) is 0 Å². The minimum absolute atomic E-state index is 0.0211. The number of piperidine rings is 1. The molecule has 1 saturated heterocycles. The molecule has 2 aliphatic heterocycles. The third kappa shape index (κ3) is 4.66. The Balaban J connectivity index is 1.73. The first-order valence-corrected chi connectivity index (χ1v) is 11.4. The zero-order valence-electron chi connectivity index (χ0n) is 16.0. The summed E-state index contributed by atoms with van der Waals surface area (Å²) in [6.45, 7) is 3.88. The monoisotopic (exact) mass is 396 g/mol. The number of ether oxygens (including phenoxy) is 2. The van der Waals surface area contributed by atoms with Gasteiger partial charge in [0, 0.05) is 31.6 Å². The van der Waals surface area contributed by atoms with E-state index < -0.39 is 10.0 Å². The van der Waals surface area contributed by atoms with Gasteiger partial charge >= 0.3 is 0 Å². The van der Waals surface area contributed by atoms with E-state index in [-0.39, 0.29) is 24.9 Å². The van der Waals surface area contributed by atoms with Gasteiger partial charge in [-0.05, 0) is 37.8 Å². The Morgan fingerprint density at radius 1 is 1.22 bits per heavy atom. The third-order valence-corrected chi connectivity index (χ3v) is 6.36. The van der Waals surface area contributed by atoms with E-state index in [0.717, 1.165) is 38.5 Å². The van der Waals surface area contributed by atoms with Crippen molar-refractivity contribution in [3.8, 4) is 11.5 Å². The van der Waals surface area contributed by atoms with Crippen LogP contribution in [0, 0.1) is 0 Å². The molecule has 3 rings (SSSR count). The van der Waals surface area contributed by atoms with Crippen molar-refractivity contribution < 1.29 is 22.7 Å². The van der Waals surface area contributed by atoms with Gasteiger partial charge in [-0.25, -0.2) is 8.42 Å². The summed E-state index contributed by atoms with van der Waals surface area (Å²) in [6, 6.07) is 5.33. The SMILES string of the molecule is CCC1CCCCN1C(=O)CCN(c1ccc2c(c1)OCCO2)S(C)(=O)=O. The van der Waals surface area contributed by atoms with Gasteiger partial charge in [0.05, 0.1) is 11.9 Å². The number of carbonyl (C=O) groups excluding carboxylic acids is 1. The topological polar surface area (TPSA) is 76.2 Å². The maximum Gasteiger partial charge on any atom is 0.232 e. The number of anilines is 1. The Hall–Kier alpha value is -1.96. The lowest BCUT2D eigenvalue weighted by Crippen LogP contribution is -2.44. The second-order valence-corrected chi connectivity index (χ2v) is 8.96. The highest BCUT2D eigenvalue weighted by molar-refractivity contribution is 7.92. The van der Waals surface area contributed by atoms with Crippen LogP contribution < -0.4 is 13.8 Å². The minimum Gasteiger partial charge on any atom is -0.486 e. The van der Waals surface area contributed by atoms with Crippen molar-refractivity contribution in [2.75, 3.05) is 36.9 Å². The molecule has 150 valence electrons. The Labute approximate surface area is 161 Å². The highest BCUT2D eigenvalue weighted by atomic mass is 32.2. The Morgan fingerprint density at radius 2 is 1.96 bits per heavy atom. The fourth-order valence-electron chi connectivity index (χ4n) is 3.77. The van der Waals surface area contributed by atoms with E-state index in [4.69, 9.17) is 9.47 Å². The van der Waals surface area contributed by atoms with Gasteiger partial charge in [-0.15, -0.1) is 0 Å². The van der Waals surface area contributed by atoms with Crippen molar-refractivity contribution in [1.82, 2.24) is 4.90 Å². The number of likely N-dealkylation sites (tertiary alicyclic amines) is 1. The average molecular weight is 397 g/mol. The number of sulfonamides is 1. The number of carbonyl (C=O) groups is 1. The van der Waals surface area contributed by atoms with E-state index >= 15 is 0 Å². The van der Waals surface area contributed by atoms with Crippen LogP contribution >= 0.6 is 0 Å². The van der Waals surface area contributed by atoms with Gasteiger partial charge < -0.3 is 14.4 Å². The zero-order valence-corrected chi connectivity index (χ0v) is 16.8. The summed E-state index contributed by atoms with van der Waals surface area (Å²) in [7, 11) is -3.52. The largest absolute Gasteiger partial charge is 0.486 e. The van der Waals surface area contributed by atoms with Crippen molar-refractivity contribution in [2.45, 2.75) is 45.1 Å². The summed E-state index contributed by atoms with van der Waals surface area (Å²) in [6.07, 6.45) is 5.45. The summed E-state index contributed by atoms with van der Waals surface area (Å²) in [5.74, 6) is 1.15. The molecule has 1 amide bonds. The number of nitrogens with zero attached hydrogens (tertiary/aromatic N) is 2. The normalized spacial score (nSPS) is 19.6. The second kappa shape index (κ2) is 8.37. The number of hydrogen-bond acceptors (Lipinski definition) is 5. The van der Waals surface area contributed by atoms with Crippen LogP contribution in [-0.2, 0) is 14.8 Å². The van der Waals surface area contributed by atoms with E-state index in [0.29, 0.717) is 30.4 Å². The van der Waals surface area contributed by atoms with Crippen LogP contribution in [0.15, 0.2) is 18.2 Å². The molecule has 0 radical (unpaired) electrons. The van der Waals surface area contributed by atoms with Crippen molar-refractivity contribution in [1.29, 1.82) is 0 Å². The van der Waals surface area contributed by atoms with Crippen LogP contribution in [0.25, 0.3) is 0 Å². The molecule has 0 aromatic heterocycles. The van der Waals surface area contributed by atoms with Crippen molar-refractivity contribution in [3.05, 3.63) is 18.2 Å². The number of hydrogen-bond donors (Lipinski definition) is 0. The van der Waals surface area contributed by atoms with Gasteiger partial charge in [-0.1, -0.05) is 6.92 Å². The molecule has 0 aliphatic carbocycles. The summed E-state index contributed by atoms with van der Waals surface area (Å²) in [5, 5.41) is 0. The number of benzene rings is 1. The smallest absolute Gasteiger partial charge is 0.232 e. The molecule has 2 aliphatic rings. The van der Waals surface area contributed by atoms with Crippen LogP contribution in [-0.4, -0.2) is 57.8 Å². The Kier molecular flexibility index (Phi) is 6.14. The predicted molar refractivity (Wildman–Crippen MR) is 104 cm³/mol. The summed E-state index contributed by atoms with van der Waals surface area (Å²) in [5.41, 5.74) is 0.486. The van der Waals surface area contributed by atoms with Crippen molar-refractivity contribution in [3.63, 3.8) is 0 Å². The van der Waals surface area contributed by atoms with Crippen LogP contribution in [0.2, 0.25) is 0 Å². The molecular formula is C19H28N2O5S. The molecule has 1 aromatic carbocycles. The van der Waals surface area contributed by atoms with Crippen LogP contribution in [0.1, 0.15) is 39.0 Å². The molecular weight excluding hydrogens is 368 g/mol. The van der Waals surface area contributed by atoms with Gasteiger partial charge in [0.15, 0.2) is 11.5 Å². The van der Waals surface area contributed by atoms with E-state index in [1.807, 2.05) is 4.90 Å². The molecule has 1 fully saturated rings. The van der Waals surface area contributed by atoms with Gasteiger partial charge in [-0.2, -0.15) is 0 Å². The lowest BCUT2D eigenvalue weighted by atomic mass is 9.99. The van der Waals surface area contributed by atoms with Crippen LogP contribution in [0.4, 0.5) is 5.69 Å². The van der Waals surface area contributed by atoms with Crippen LogP contribution in [0.3, 0.4) is 0 Å². The quantitative estimate of drug-likeness (QED) is 0.738. The van der Waals surface area contributed by atoms with Gasteiger partial charge in [0.2, 0.25) is 15.9 Å². The van der Waals surface area contributed by atoms with Crippen molar-refractivity contribution in [2.24, 2.45) is 0 Å². The second-order valence-electron chi connectivity index (χ2n) is 7.06. The van der Waals surface area contributed by atoms with E-state index in [1.165, 1.54) is 4.31 Å². The molecule has 1 atom stereocenters. The number of fused-ring (bicyclic) bond motifs is 1. The van der Waals surface area contributed by atoms with Gasteiger partial charge in [0.1, 0.15) is 13.2 Å². The van der Waals surface area contributed by atoms with Gasteiger partial charge in [-0.3, -0.25) is 9.10 Å². The Morgan fingerprint density at radius 3 is 2.67 bits per heavy atom. The molecule has 0 bridgehead atoms. The molecule has 1 unspecified atom stereocenters. The summed E-state index contributed by atoms with van der Waals surface area (Å²) >= 11 is 0. The standard InChI is InChI=1S/C19H28N2O5S/c1-3-15-6-4-5-10-20(15)19(22)9-11-21(27(2,23)24)16-7-8-17-18(14-16)26-13-12-25-17/h7-8,14-15H,3-6,9-13H2,1-2H3. The maximum atomic E-state index is 12.7. The summed E-state index contributed by atoms with van der Waals surface area (Å²) < 4.78 is 37.0. The minimum atomic E-state index is -3.52. The highest BCUT2D eigenvalue weighted by Crippen LogP contribution is 2.34. The first kappa shape index (κ1) is 19.8. The fraction of sp³-hybridized carbons (Fsp3) is 0.632. The zero-order chi connectivity index (χ0) is 19.4. The number of amides is 1. The van der Waals surface area contributed by atoms with Crippen LogP contribution in [0.5, 0.6) is 11.5 Å². The first-order chi connectivity index (χ1) is 12.9. The molecule has 0 spiro atoms. The lowest BCUT2D eigenvalue weighted by molar-refractivity contribution is -0.134. The predicted octanol–water partition coefficient (Wildman–Crippen LogP) is 2.41. The molecule has 2 heterocycles. The first-order valence-electron chi connectivity index (χ1n) is 9.57. The average Bonchev–Trinajstić information content (AvgIpc) is 2.66. The van der Waals surface area contributed by atoms with Crippen molar-refractivity contribution >= 4 is 21.6 Å². The Bertz CT molecular complexity index is 780. The molecule has 0 N–H and O–H groups in total. The van der Waals surface area contributed by atoms with E-state index in [2.05, 4.69) is 6.92 Å². The highest BCUT2D eigenvalue weighted by Gasteiger charge is 2.27. The summed E-state index contributed by atoms with van der Waals surface area (Å²) in [4.78, 5) is 14.6. The lowest BCUT2D eigenvalue weighted by Gasteiger charge is -2.36. The molecule has 7 nitrogen and oxygen atoms in total. The third-order valence-electron chi connectivity index (χ3n) is 5.16.